The summed E-state index contributed by atoms with van der Waals surface area (Å²) in [6.07, 6.45) is -0.0573. The second-order valence-electron chi connectivity index (χ2n) is 4.01. The number of aryl methyl sites for hydroxylation is 1. The summed E-state index contributed by atoms with van der Waals surface area (Å²) < 4.78 is 31.2. The van der Waals surface area contributed by atoms with E-state index in [-0.39, 0.29) is 23.2 Å². The van der Waals surface area contributed by atoms with Gasteiger partial charge in [0.15, 0.2) is 0 Å². The summed E-state index contributed by atoms with van der Waals surface area (Å²) in [5.41, 5.74) is 0.213. The average Bonchev–Trinajstić information content (AvgIpc) is 3.09. The van der Waals surface area contributed by atoms with Gasteiger partial charge in [-0.1, -0.05) is 0 Å². The van der Waals surface area contributed by atoms with Gasteiger partial charge in [0.2, 0.25) is 10.0 Å². The summed E-state index contributed by atoms with van der Waals surface area (Å²) in [6.45, 7) is 2.30. The van der Waals surface area contributed by atoms with Gasteiger partial charge in [-0.2, -0.15) is 0 Å². The highest BCUT2D eigenvalue weighted by Crippen LogP contribution is 2.21. The van der Waals surface area contributed by atoms with E-state index in [4.69, 9.17) is 4.74 Å². The normalized spacial score (nSPS) is 18.6. The standard InChI is InChI=1S/C10H12N2O5S/c1-7-4-8(12(13)14)2-3-10(7)18(15,16)11-5-9-6-17-9/h2-4,9,11H,5-6H2,1H3. The molecule has 1 aromatic carbocycles. The molecule has 2 rings (SSSR count). The van der Waals surface area contributed by atoms with Gasteiger partial charge in [0.05, 0.1) is 22.5 Å². The van der Waals surface area contributed by atoms with Gasteiger partial charge in [-0.05, 0) is 18.6 Å². The van der Waals surface area contributed by atoms with Crippen LogP contribution in [0.25, 0.3) is 0 Å². The van der Waals surface area contributed by atoms with Crippen LogP contribution in [-0.4, -0.2) is 32.6 Å². The van der Waals surface area contributed by atoms with Crippen molar-refractivity contribution in [3.63, 3.8) is 0 Å². The number of hydrogen-bond donors (Lipinski definition) is 1. The Labute approximate surface area is 104 Å². The molecule has 1 aromatic rings. The van der Waals surface area contributed by atoms with Crippen molar-refractivity contribution in [1.82, 2.24) is 4.72 Å². The fourth-order valence-corrected chi connectivity index (χ4v) is 2.81. The second kappa shape index (κ2) is 4.63. The van der Waals surface area contributed by atoms with Crippen LogP contribution in [0.5, 0.6) is 0 Å². The molecule has 18 heavy (non-hydrogen) atoms. The van der Waals surface area contributed by atoms with E-state index in [2.05, 4.69) is 4.72 Å². The molecule has 1 heterocycles. The van der Waals surface area contributed by atoms with Crippen LogP contribution >= 0.6 is 0 Å². The SMILES string of the molecule is Cc1cc([N+](=O)[O-])ccc1S(=O)(=O)NCC1CO1. The molecule has 8 heteroatoms. The lowest BCUT2D eigenvalue weighted by Crippen LogP contribution is -2.28. The van der Waals surface area contributed by atoms with Crippen molar-refractivity contribution < 1.29 is 18.1 Å². The number of nitro benzene ring substituents is 1. The third-order valence-electron chi connectivity index (χ3n) is 2.56. The molecule has 7 nitrogen and oxygen atoms in total. The number of nitro groups is 1. The summed E-state index contributed by atoms with van der Waals surface area (Å²) in [5.74, 6) is 0. The van der Waals surface area contributed by atoms with E-state index in [1.54, 1.807) is 0 Å². The average molecular weight is 272 g/mol. The van der Waals surface area contributed by atoms with Crippen LogP contribution < -0.4 is 4.72 Å². The maximum atomic E-state index is 11.9. The van der Waals surface area contributed by atoms with E-state index in [1.165, 1.54) is 25.1 Å². The molecular weight excluding hydrogens is 260 g/mol. The molecule has 0 aromatic heterocycles. The Morgan fingerprint density at radius 2 is 2.22 bits per heavy atom. The monoisotopic (exact) mass is 272 g/mol. The van der Waals surface area contributed by atoms with Crippen LogP contribution in [0.3, 0.4) is 0 Å². The van der Waals surface area contributed by atoms with Crippen LogP contribution in [0.4, 0.5) is 5.69 Å². The van der Waals surface area contributed by atoms with Crippen molar-refractivity contribution in [1.29, 1.82) is 0 Å². The number of nitrogens with one attached hydrogen (secondary N) is 1. The van der Waals surface area contributed by atoms with Crippen LogP contribution in [0, 0.1) is 17.0 Å². The first-order valence-electron chi connectivity index (χ1n) is 5.26. The molecule has 1 N–H and O–H groups in total. The van der Waals surface area contributed by atoms with Crippen molar-refractivity contribution in [3.8, 4) is 0 Å². The Bertz CT molecular complexity index is 580. The first-order valence-corrected chi connectivity index (χ1v) is 6.75. The number of hydrogen-bond acceptors (Lipinski definition) is 5. The first kappa shape index (κ1) is 12.9. The Hall–Kier alpha value is -1.51. The summed E-state index contributed by atoms with van der Waals surface area (Å²) >= 11 is 0. The number of non-ortho nitro benzene ring substituents is 1. The molecule has 0 bridgehead atoms. The maximum absolute atomic E-state index is 11.9. The molecule has 1 unspecified atom stereocenters. The van der Waals surface area contributed by atoms with Crippen molar-refractivity contribution >= 4 is 15.7 Å². The summed E-state index contributed by atoms with van der Waals surface area (Å²) in [4.78, 5) is 10.1. The van der Waals surface area contributed by atoms with Crippen LogP contribution in [0.15, 0.2) is 23.1 Å². The van der Waals surface area contributed by atoms with Gasteiger partial charge >= 0.3 is 0 Å². The van der Waals surface area contributed by atoms with Crippen molar-refractivity contribution in [2.24, 2.45) is 0 Å². The number of sulfonamides is 1. The highest BCUT2D eigenvalue weighted by atomic mass is 32.2. The minimum atomic E-state index is -3.64. The van der Waals surface area contributed by atoms with Crippen molar-refractivity contribution in [2.75, 3.05) is 13.2 Å². The smallest absolute Gasteiger partial charge is 0.269 e. The number of epoxide rings is 1. The fraction of sp³-hybridized carbons (Fsp3) is 0.400. The van der Waals surface area contributed by atoms with Crippen LogP contribution in [-0.2, 0) is 14.8 Å². The highest BCUT2D eigenvalue weighted by molar-refractivity contribution is 7.89. The molecule has 1 fully saturated rings. The Kier molecular flexibility index (Phi) is 3.33. The zero-order valence-corrected chi connectivity index (χ0v) is 10.4. The van der Waals surface area contributed by atoms with Crippen LogP contribution in [0.1, 0.15) is 5.56 Å². The third kappa shape index (κ3) is 2.84. The van der Waals surface area contributed by atoms with Gasteiger partial charge in [0.1, 0.15) is 0 Å². The Morgan fingerprint density at radius 3 is 2.72 bits per heavy atom. The Balaban J connectivity index is 2.23. The van der Waals surface area contributed by atoms with E-state index >= 15 is 0 Å². The lowest BCUT2D eigenvalue weighted by atomic mass is 10.2. The van der Waals surface area contributed by atoms with Crippen molar-refractivity contribution in [2.45, 2.75) is 17.9 Å². The first-order chi connectivity index (χ1) is 8.40. The number of ether oxygens (including phenoxy) is 1. The number of nitrogens with zero attached hydrogens (tertiary/aromatic N) is 1. The summed E-state index contributed by atoms with van der Waals surface area (Å²) in [6, 6.07) is 3.65. The summed E-state index contributed by atoms with van der Waals surface area (Å²) in [5, 5.41) is 10.6. The highest BCUT2D eigenvalue weighted by Gasteiger charge is 2.26. The van der Waals surface area contributed by atoms with Gasteiger partial charge in [-0.15, -0.1) is 0 Å². The summed E-state index contributed by atoms with van der Waals surface area (Å²) in [7, 11) is -3.64. The van der Waals surface area contributed by atoms with Gasteiger partial charge < -0.3 is 4.74 Å². The molecule has 1 atom stereocenters. The largest absolute Gasteiger partial charge is 0.372 e. The molecule has 0 amide bonds. The van der Waals surface area contributed by atoms with E-state index in [0.717, 1.165) is 0 Å². The Morgan fingerprint density at radius 1 is 1.56 bits per heavy atom. The minimum absolute atomic E-state index is 0.0498. The maximum Gasteiger partial charge on any atom is 0.269 e. The number of benzene rings is 1. The molecule has 1 aliphatic rings. The lowest BCUT2D eigenvalue weighted by Gasteiger charge is -2.07. The molecule has 0 aliphatic carbocycles. The zero-order valence-electron chi connectivity index (χ0n) is 9.62. The van der Waals surface area contributed by atoms with E-state index in [0.29, 0.717) is 12.2 Å². The minimum Gasteiger partial charge on any atom is -0.372 e. The topological polar surface area (TPSA) is 102 Å². The van der Waals surface area contributed by atoms with Gasteiger partial charge in [0.25, 0.3) is 5.69 Å². The van der Waals surface area contributed by atoms with E-state index < -0.39 is 14.9 Å². The van der Waals surface area contributed by atoms with Gasteiger partial charge in [0, 0.05) is 18.7 Å². The predicted molar refractivity (Wildman–Crippen MR) is 62.8 cm³/mol. The van der Waals surface area contributed by atoms with E-state index in [1.807, 2.05) is 0 Å². The molecule has 0 radical (unpaired) electrons. The second-order valence-corrected chi connectivity index (χ2v) is 5.75. The van der Waals surface area contributed by atoms with Crippen LogP contribution in [0.2, 0.25) is 0 Å². The van der Waals surface area contributed by atoms with Crippen molar-refractivity contribution in [3.05, 3.63) is 33.9 Å². The molecular formula is C10H12N2O5S. The zero-order chi connectivity index (χ0) is 13.3. The van der Waals surface area contributed by atoms with E-state index in [9.17, 15) is 18.5 Å². The molecule has 1 aliphatic heterocycles. The lowest BCUT2D eigenvalue weighted by molar-refractivity contribution is -0.385. The quantitative estimate of drug-likeness (QED) is 0.480. The third-order valence-corrected chi connectivity index (χ3v) is 4.15. The molecule has 1 saturated heterocycles. The molecule has 0 spiro atoms. The predicted octanol–water partition coefficient (Wildman–Crippen LogP) is 0.580. The molecule has 98 valence electrons. The van der Waals surface area contributed by atoms with Gasteiger partial charge in [-0.3, -0.25) is 10.1 Å². The number of rotatable bonds is 5. The van der Waals surface area contributed by atoms with Gasteiger partial charge in [-0.25, -0.2) is 13.1 Å². The molecule has 0 saturated carbocycles. The fourth-order valence-electron chi connectivity index (χ4n) is 1.51.